The summed E-state index contributed by atoms with van der Waals surface area (Å²) in [7, 11) is 3.32. The first-order valence-electron chi connectivity index (χ1n) is 4.67. The van der Waals surface area contributed by atoms with Crippen molar-refractivity contribution >= 4 is 11.9 Å². The molecule has 16 heavy (non-hydrogen) atoms. The van der Waals surface area contributed by atoms with Gasteiger partial charge >= 0.3 is 5.97 Å². The normalized spacial score (nSPS) is 12.4. The molecule has 0 radical (unpaired) electrons. The van der Waals surface area contributed by atoms with Gasteiger partial charge in [-0.05, 0) is 0 Å². The van der Waals surface area contributed by atoms with Crippen molar-refractivity contribution in [2.24, 2.45) is 0 Å². The van der Waals surface area contributed by atoms with E-state index in [1.807, 2.05) is 0 Å². The molecule has 0 aliphatic heterocycles. The zero-order valence-electron chi connectivity index (χ0n) is 9.12. The van der Waals surface area contributed by atoms with Crippen LogP contribution in [0, 0.1) is 0 Å². The summed E-state index contributed by atoms with van der Waals surface area (Å²) < 4.78 is 1.39. The standard InChI is InChI=1S/C9H14N4O3/c1-12(2)11-8(14)5-7(9(15)16)13-4-3-10-6-13/h3-4,6-7H,5H2,1-2H3,(H,11,14)(H,15,16)/t7-/m0/s1. The number of aliphatic carboxylic acids is 1. The number of carboxylic acid groups (broad SMARTS) is 1. The Kier molecular flexibility index (Phi) is 4.01. The zero-order chi connectivity index (χ0) is 12.1. The number of hydrogen-bond acceptors (Lipinski definition) is 4. The molecule has 1 heterocycles. The van der Waals surface area contributed by atoms with Gasteiger partial charge in [-0.15, -0.1) is 0 Å². The van der Waals surface area contributed by atoms with Gasteiger partial charge < -0.3 is 9.67 Å². The first-order chi connectivity index (χ1) is 7.50. The third-order valence-corrected chi connectivity index (χ3v) is 1.90. The fourth-order valence-corrected chi connectivity index (χ4v) is 1.24. The van der Waals surface area contributed by atoms with E-state index >= 15 is 0 Å². The minimum absolute atomic E-state index is 0.135. The Morgan fingerprint density at radius 3 is 2.69 bits per heavy atom. The minimum Gasteiger partial charge on any atom is -0.480 e. The van der Waals surface area contributed by atoms with Gasteiger partial charge in [0.1, 0.15) is 6.04 Å². The molecule has 0 aliphatic rings. The lowest BCUT2D eigenvalue weighted by Gasteiger charge is -2.16. The molecule has 0 saturated heterocycles. The molecule has 0 aliphatic carbocycles. The molecule has 1 amide bonds. The van der Waals surface area contributed by atoms with Gasteiger partial charge in [-0.3, -0.25) is 10.2 Å². The molecule has 1 aromatic heterocycles. The lowest BCUT2D eigenvalue weighted by molar-refractivity contribution is -0.143. The van der Waals surface area contributed by atoms with Crippen LogP contribution in [0.5, 0.6) is 0 Å². The van der Waals surface area contributed by atoms with Crippen molar-refractivity contribution < 1.29 is 14.7 Å². The van der Waals surface area contributed by atoms with Crippen LogP contribution in [0.2, 0.25) is 0 Å². The van der Waals surface area contributed by atoms with Crippen LogP contribution in [-0.2, 0) is 9.59 Å². The Bertz CT molecular complexity index is 361. The molecule has 2 N–H and O–H groups in total. The van der Waals surface area contributed by atoms with Gasteiger partial charge in [-0.2, -0.15) is 0 Å². The summed E-state index contributed by atoms with van der Waals surface area (Å²) >= 11 is 0. The number of carbonyl (C=O) groups excluding carboxylic acids is 1. The average Bonchev–Trinajstić information content (AvgIpc) is 2.64. The van der Waals surface area contributed by atoms with Gasteiger partial charge in [0.2, 0.25) is 5.91 Å². The Labute approximate surface area is 92.7 Å². The molecule has 7 heteroatoms. The first kappa shape index (κ1) is 12.2. The van der Waals surface area contributed by atoms with Gasteiger partial charge in [0.15, 0.2) is 0 Å². The van der Waals surface area contributed by atoms with E-state index < -0.39 is 12.0 Å². The fraction of sp³-hybridized carbons (Fsp3) is 0.444. The van der Waals surface area contributed by atoms with Crippen molar-refractivity contribution in [1.82, 2.24) is 20.0 Å². The van der Waals surface area contributed by atoms with Crippen molar-refractivity contribution in [2.45, 2.75) is 12.5 Å². The molecule has 88 valence electrons. The Hall–Kier alpha value is -1.89. The van der Waals surface area contributed by atoms with Crippen molar-refractivity contribution in [2.75, 3.05) is 14.1 Å². The monoisotopic (exact) mass is 226 g/mol. The fourth-order valence-electron chi connectivity index (χ4n) is 1.24. The predicted octanol–water partition coefficient (Wildman–Crippen LogP) is -0.508. The maximum atomic E-state index is 11.4. The number of amides is 1. The topological polar surface area (TPSA) is 87.5 Å². The zero-order valence-corrected chi connectivity index (χ0v) is 9.12. The van der Waals surface area contributed by atoms with E-state index in [0.717, 1.165) is 0 Å². The largest absolute Gasteiger partial charge is 0.480 e. The van der Waals surface area contributed by atoms with E-state index in [4.69, 9.17) is 5.11 Å². The number of carbonyl (C=O) groups is 2. The minimum atomic E-state index is -1.06. The van der Waals surface area contributed by atoms with Gasteiger partial charge in [0, 0.05) is 26.5 Å². The van der Waals surface area contributed by atoms with Gasteiger partial charge in [0.25, 0.3) is 0 Å². The second-order valence-electron chi connectivity index (χ2n) is 3.50. The summed E-state index contributed by atoms with van der Waals surface area (Å²) in [4.78, 5) is 26.1. The number of hydrazine groups is 1. The van der Waals surface area contributed by atoms with E-state index in [2.05, 4.69) is 10.4 Å². The molecule has 0 spiro atoms. The summed E-state index contributed by atoms with van der Waals surface area (Å²) in [6.07, 6.45) is 4.23. The van der Waals surface area contributed by atoms with Crippen LogP contribution in [0.25, 0.3) is 0 Å². The van der Waals surface area contributed by atoms with E-state index in [0.29, 0.717) is 0 Å². The lowest BCUT2D eigenvalue weighted by atomic mass is 10.2. The molecule has 7 nitrogen and oxygen atoms in total. The van der Waals surface area contributed by atoms with Crippen LogP contribution in [0.15, 0.2) is 18.7 Å². The van der Waals surface area contributed by atoms with Crippen molar-refractivity contribution in [1.29, 1.82) is 0 Å². The highest BCUT2D eigenvalue weighted by Crippen LogP contribution is 2.10. The first-order valence-corrected chi connectivity index (χ1v) is 4.67. The maximum absolute atomic E-state index is 11.4. The Balaban J connectivity index is 2.67. The van der Waals surface area contributed by atoms with E-state index in [1.54, 1.807) is 14.1 Å². The van der Waals surface area contributed by atoms with Crippen LogP contribution in [0.1, 0.15) is 12.5 Å². The Morgan fingerprint density at radius 2 is 2.25 bits per heavy atom. The number of nitrogens with zero attached hydrogens (tertiary/aromatic N) is 3. The van der Waals surface area contributed by atoms with Crippen LogP contribution >= 0.6 is 0 Å². The van der Waals surface area contributed by atoms with Crippen molar-refractivity contribution in [3.05, 3.63) is 18.7 Å². The summed E-state index contributed by atoms with van der Waals surface area (Å²) in [6.45, 7) is 0. The predicted molar refractivity (Wildman–Crippen MR) is 55.3 cm³/mol. The summed E-state index contributed by atoms with van der Waals surface area (Å²) in [5.41, 5.74) is 2.49. The molecule has 0 saturated carbocycles. The van der Waals surface area contributed by atoms with E-state index in [-0.39, 0.29) is 12.3 Å². The molecular weight excluding hydrogens is 212 g/mol. The highest BCUT2D eigenvalue weighted by Gasteiger charge is 2.22. The average molecular weight is 226 g/mol. The highest BCUT2D eigenvalue weighted by atomic mass is 16.4. The third-order valence-electron chi connectivity index (χ3n) is 1.90. The van der Waals surface area contributed by atoms with Crippen LogP contribution in [0.3, 0.4) is 0 Å². The number of hydrogen-bond donors (Lipinski definition) is 2. The molecule has 0 fully saturated rings. The SMILES string of the molecule is CN(C)NC(=O)C[C@@H](C(=O)O)n1ccnc1. The number of carboxylic acids is 1. The van der Waals surface area contributed by atoms with Gasteiger partial charge in [-0.1, -0.05) is 0 Å². The number of aromatic nitrogens is 2. The quantitative estimate of drug-likeness (QED) is 0.660. The molecule has 0 bridgehead atoms. The summed E-state index contributed by atoms with van der Waals surface area (Å²) in [6, 6.07) is -0.928. The van der Waals surface area contributed by atoms with Gasteiger partial charge in [-0.25, -0.2) is 14.8 Å². The second kappa shape index (κ2) is 5.26. The van der Waals surface area contributed by atoms with Crippen LogP contribution in [0.4, 0.5) is 0 Å². The number of rotatable bonds is 5. The van der Waals surface area contributed by atoms with Crippen molar-refractivity contribution in [3.8, 4) is 0 Å². The molecule has 0 unspecified atom stereocenters. The molecule has 1 aromatic rings. The lowest BCUT2D eigenvalue weighted by Crippen LogP contribution is -2.38. The molecule has 1 rings (SSSR count). The summed E-state index contributed by atoms with van der Waals surface area (Å²) in [5.74, 6) is -1.42. The second-order valence-corrected chi connectivity index (χ2v) is 3.50. The number of imidazole rings is 1. The van der Waals surface area contributed by atoms with Gasteiger partial charge in [0.05, 0.1) is 12.7 Å². The summed E-state index contributed by atoms with van der Waals surface area (Å²) in [5, 5.41) is 10.5. The smallest absolute Gasteiger partial charge is 0.327 e. The number of nitrogens with one attached hydrogen (secondary N) is 1. The van der Waals surface area contributed by atoms with Crippen LogP contribution < -0.4 is 5.43 Å². The van der Waals surface area contributed by atoms with E-state index in [1.165, 1.54) is 28.3 Å². The maximum Gasteiger partial charge on any atom is 0.327 e. The Morgan fingerprint density at radius 1 is 1.56 bits per heavy atom. The van der Waals surface area contributed by atoms with E-state index in [9.17, 15) is 9.59 Å². The highest BCUT2D eigenvalue weighted by molar-refractivity contribution is 5.82. The van der Waals surface area contributed by atoms with Crippen LogP contribution in [-0.4, -0.2) is 45.6 Å². The third kappa shape index (κ3) is 3.35. The molecule has 0 aromatic carbocycles. The van der Waals surface area contributed by atoms with Crippen molar-refractivity contribution in [3.63, 3.8) is 0 Å². The molecular formula is C9H14N4O3. The molecule has 1 atom stereocenters.